The van der Waals surface area contributed by atoms with Crippen LogP contribution in [0.4, 0.5) is 0 Å². The summed E-state index contributed by atoms with van der Waals surface area (Å²) in [6.45, 7) is 1.49. The largest absolute Gasteiger partial charge is 0.464 e. The van der Waals surface area contributed by atoms with Gasteiger partial charge >= 0.3 is 5.97 Å². The van der Waals surface area contributed by atoms with E-state index in [2.05, 4.69) is 20.5 Å². The smallest absolute Gasteiger partial charge is 0.356 e. The highest BCUT2D eigenvalue weighted by molar-refractivity contribution is 7.91. The number of nitrogens with zero attached hydrogens (tertiary/aromatic N) is 6. The third kappa shape index (κ3) is 2.50. The molecule has 1 aliphatic rings. The molecule has 0 N–H and O–H groups in total. The fourth-order valence-corrected chi connectivity index (χ4v) is 3.89. The Bertz CT molecular complexity index is 851. The highest BCUT2D eigenvalue weighted by Gasteiger charge is 2.39. The molecule has 0 amide bonds. The second kappa shape index (κ2) is 5.41. The van der Waals surface area contributed by atoms with Gasteiger partial charge in [0, 0.05) is 13.1 Å². The fraction of sp³-hybridized carbons (Fsp3) is 0.583. The summed E-state index contributed by atoms with van der Waals surface area (Å²) in [5.41, 5.74) is 0.136. The third-order valence-electron chi connectivity index (χ3n) is 3.81. The number of carbonyl (C=O) groups excluding carboxylic acids is 1. The second-order valence-electron chi connectivity index (χ2n) is 5.37. The molecule has 1 unspecified atom stereocenters. The number of hydrogen-bond acceptors (Lipinski definition) is 8. The standard InChI is InChI=1S/C12H16N6O4S/c1-7(10-14-15-16-17(10)2)23(20,21)12-13-6-9(11(19)22-3)18(12)8-4-5-8/h6-8H,4-5H2,1-3H3. The molecule has 2 aromatic heterocycles. The van der Waals surface area contributed by atoms with Crippen LogP contribution in [0, 0.1) is 0 Å². The Morgan fingerprint density at radius 2 is 2.13 bits per heavy atom. The van der Waals surface area contributed by atoms with Crippen molar-refractivity contribution >= 4 is 15.8 Å². The number of rotatable bonds is 5. The summed E-state index contributed by atoms with van der Waals surface area (Å²) in [5.74, 6) is -0.409. The van der Waals surface area contributed by atoms with Crippen LogP contribution < -0.4 is 0 Å². The molecule has 10 nitrogen and oxygen atoms in total. The van der Waals surface area contributed by atoms with Gasteiger partial charge in [-0.1, -0.05) is 0 Å². The second-order valence-corrected chi connectivity index (χ2v) is 7.53. The SMILES string of the molecule is COC(=O)c1cnc(S(=O)(=O)C(C)c2nnnn2C)n1C1CC1. The molecule has 124 valence electrons. The molecule has 0 saturated heterocycles. The molecule has 0 spiro atoms. The van der Waals surface area contributed by atoms with Gasteiger partial charge in [0.2, 0.25) is 15.0 Å². The molecular formula is C12H16N6O4S. The van der Waals surface area contributed by atoms with E-state index in [0.29, 0.717) is 0 Å². The van der Waals surface area contributed by atoms with Gasteiger partial charge in [0.25, 0.3) is 0 Å². The number of imidazole rings is 1. The molecule has 0 aliphatic heterocycles. The molecule has 11 heteroatoms. The Balaban J connectivity index is 2.09. The summed E-state index contributed by atoms with van der Waals surface area (Å²) < 4.78 is 33.3. The van der Waals surface area contributed by atoms with Gasteiger partial charge in [-0.05, 0) is 30.2 Å². The molecule has 0 aromatic carbocycles. The summed E-state index contributed by atoms with van der Waals surface area (Å²) in [7, 11) is -1.05. The minimum Gasteiger partial charge on any atom is -0.464 e. The topological polar surface area (TPSA) is 122 Å². The van der Waals surface area contributed by atoms with Crippen molar-refractivity contribution in [3.63, 3.8) is 0 Å². The van der Waals surface area contributed by atoms with Crippen LogP contribution in [0.3, 0.4) is 0 Å². The molecule has 3 rings (SSSR count). The number of aromatic nitrogens is 6. The number of ether oxygens (including phenoxy) is 1. The van der Waals surface area contributed by atoms with Crippen LogP contribution in [-0.4, -0.2) is 51.3 Å². The molecule has 0 bridgehead atoms. The lowest BCUT2D eigenvalue weighted by Gasteiger charge is -2.13. The van der Waals surface area contributed by atoms with Crippen LogP contribution in [0.25, 0.3) is 0 Å². The van der Waals surface area contributed by atoms with Gasteiger partial charge in [-0.15, -0.1) is 5.10 Å². The number of carbonyl (C=O) groups is 1. The molecular weight excluding hydrogens is 324 g/mol. The lowest BCUT2D eigenvalue weighted by molar-refractivity contribution is 0.0587. The molecule has 1 saturated carbocycles. The number of aryl methyl sites for hydroxylation is 1. The zero-order chi connectivity index (χ0) is 16.8. The van der Waals surface area contributed by atoms with Crippen molar-refractivity contribution in [1.29, 1.82) is 0 Å². The van der Waals surface area contributed by atoms with Crippen molar-refractivity contribution in [3.8, 4) is 0 Å². The maximum Gasteiger partial charge on any atom is 0.356 e. The molecule has 1 atom stereocenters. The normalized spacial score (nSPS) is 16.3. The van der Waals surface area contributed by atoms with Crippen LogP contribution in [-0.2, 0) is 21.6 Å². The number of sulfone groups is 1. The van der Waals surface area contributed by atoms with E-state index >= 15 is 0 Å². The number of tetrazole rings is 1. The fourth-order valence-electron chi connectivity index (χ4n) is 2.37. The van der Waals surface area contributed by atoms with E-state index < -0.39 is 21.1 Å². The number of esters is 1. The summed E-state index contributed by atoms with van der Waals surface area (Å²) >= 11 is 0. The first-order chi connectivity index (χ1) is 10.9. The first-order valence-corrected chi connectivity index (χ1v) is 8.54. The Labute approximate surface area is 132 Å². The van der Waals surface area contributed by atoms with Crippen LogP contribution in [0.15, 0.2) is 11.4 Å². The van der Waals surface area contributed by atoms with Gasteiger partial charge in [0.1, 0.15) is 10.9 Å². The summed E-state index contributed by atoms with van der Waals surface area (Å²) in [6, 6.07) is -0.0544. The van der Waals surface area contributed by atoms with E-state index in [9.17, 15) is 13.2 Å². The Hall–Kier alpha value is -2.30. The Kier molecular flexibility index (Phi) is 3.66. The first-order valence-electron chi connectivity index (χ1n) is 6.99. The van der Waals surface area contributed by atoms with Crippen LogP contribution in [0.5, 0.6) is 0 Å². The van der Waals surface area contributed by atoms with Crippen molar-refractivity contribution in [2.75, 3.05) is 7.11 Å². The average Bonchev–Trinajstić information content (AvgIpc) is 3.11. The van der Waals surface area contributed by atoms with Crippen molar-refractivity contribution in [2.24, 2.45) is 7.05 Å². The Morgan fingerprint density at radius 3 is 2.65 bits per heavy atom. The minimum atomic E-state index is -3.86. The van der Waals surface area contributed by atoms with Crippen molar-refractivity contribution in [2.45, 2.75) is 36.2 Å². The number of hydrogen-bond donors (Lipinski definition) is 0. The van der Waals surface area contributed by atoms with Crippen LogP contribution in [0.2, 0.25) is 0 Å². The highest BCUT2D eigenvalue weighted by atomic mass is 32.2. The van der Waals surface area contributed by atoms with Crippen molar-refractivity contribution < 1.29 is 17.9 Å². The van der Waals surface area contributed by atoms with Gasteiger partial charge in [0.05, 0.1) is 13.3 Å². The van der Waals surface area contributed by atoms with Crippen molar-refractivity contribution in [3.05, 3.63) is 17.7 Å². The van der Waals surface area contributed by atoms with E-state index in [1.54, 1.807) is 7.05 Å². The van der Waals surface area contributed by atoms with Crippen LogP contribution >= 0.6 is 0 Å². The molecule has 2 heterocycles. The average molecular weight is 340 g/mol. The van der Waals surface area contributed by atoms with Gasteiger partial charge < -0.3 is 9.30 Å². The van der Waals surface area contributed by atoms with E-state index in [-0.39, 0.29) is 22.7 Å². The first kappa shape index (κ1) is 15.6. The summed E-state index contributed by atoms with van der Waals surface area (Å²) in [6.07, 6.45) is 2.82. The van der Waals surface area contributed by atoms with E-state index in [1.165, 1.54) is 29.5 Å². The van der Waals surface area contributed by atoms with E-state index in [0.717, 1.165) is 12.8 Å². The Morgan fingerprint density at radius 1 is 1.43 bits per heavy atom. The summed E-state index contributed by atoms with van der Waals surface area (Å²) in [4.78, 5) is 15.8. The number of methoxy groups -OCH3 is 1. The molecule has 23 heavy (non-hydrogen) atoms. The summed E-state index contributed by atoms with van der Waals surface area (Å²) in [5, 5.41) is 9.72. The zero-order valence-corrected chi connectivity index (χ0v) is 13.7. The van der Waals surface area contributed by atoms with Crippen molar-refractivity contribution in [1.82, 2.24) is 29.8 Å². The zero-order valence-electron chi connectivity index (χ0n) is 12.9. The quantitative estimate of drug-likeness (QED) is 0.700. The lowest BCUT2D eigenvalue weighted by atomic mass is 10.4. The van der Waals surface area contributed by atoms with Crippen LogP contribution in [0.1, 0.15) is 47.4 Å². The van der Waals surface area contributed by atoms with Gasteiger partial charge in [-0.3, -0.25) is 0 Å². The minimum absolute atomic E-state index is 0.0544. The predicted octanol–water partition coefficient (Wildman–Crippen LogP) is 0.0630. The van der Waals surface area contributed by atoms with E-state index in [1.807, 2.05) is 0 Å². The highest BCUT2D eigenvalue weighted by Crippen LogP contribution is 2.40. The molecule has 0 radical (unpaired) electrons. The maximum atomic E-state index is 12.9. The molecule has 1 fully saturated rings. The van der Waals surface area contributed by atoms with Gasteiger partial charge in [-0.25, -0.2) is 22.9 Å². The maximum absolute atomic E-state index is 12.9. The predicted molar refractivity (Wildman–Crippen MR) is 76.2 cm³/mol. The molecule has 2 aromatic rings. The lowest BCUT2D eigenvalue weighted by Crippen LogP contribution is -2.21. The van der Waals surface area contributed by atoms with E-state index in [4.69, 9.17) is 4.74 Å². The monoisotopic (exact) mass is 340 g/mol. The van der Waals surface area contributed by atoms with Gasteiger partial charge in [-0.2, -0.15) is 0 Å². The third-order valence-corrected chi connectivity index (χ3v) is 5.76. The van der Waals surface area contributed by atoms with Gasteiger partial charge in [0.15, 0.2) is 5.82 Å². The molecule has 1 aliphatic carbocycles.